The largest absolute Gasteiger partial charge is 0.306 e. The van der Waals surface area contributed by atoms with E-state index in [1.807, 2.05) is 33.9 Å². The van der Waals surface area contributed by atoms with E-state index < -0.39 is 0 Å². The van der Waals surface area contributed by atoms with Crippen molar-refractivity contribution in [3.63, 3.8) is 0 Å². The average molecular weight is 306 g/mol. The maximum atomic E-state index is 4.47. The smallest absolute Gasteiger partial charge is 0.228 e. The summed E-state index contributed by atoms with van der Waals surface area (Å²) in [7, 11) is 0. The standard InChI is InChI=1S/C15H14N8/c1-2-22-10-11(8-20-22)12-9-19-14-13(16-6-7-23(12)14)21-15-17-4-3-5-18-15/h3-10H,2H2,1H3,(H,16,17,18,21). The number of fused-ring (bicyclic) bond motifs is 1. The van der Waals surface area contributed by atoms with Crippen molar-refractivity contribution in [1.29, 1.82) is 0 Å². The van der Waals surface area contributed by atoms with Gasteiger partial charge in [0, 0.05) is 43.1 Å². The summed E-state index contributed by atoms with van der Waals surface area (Å²) in [5.41, 5.74) is 2.67. The van der Waals surface area contributed by atoms with Gasteiger partial charge in [0.05, 0.1) is 18.1 Å². The minimum absolute atomic E-state index is 0.483. The molecule has 4 rings (SSSR count). The Kier molecular flexibility index (Phi) is 3.19. The number of aromatic nitrogens is 7. The number of aryl methyl sites for hydroxylation is 1. The van der Waals surface area contributed by atoms with Gasteiger partial charge in [0.15, 0.2) is 11.5 Å². The van der Waals surface area contributed by atoms with E-state index in [1.165, 1.54) is 0 Å². The summed E-state index contributed by atoms with van der Waals surface area (Å²) in [6.45, 7) is 2.88. The van der Waals surface area contributed by atoms with E-state index >= 15 is 0 Å². The van der Waals surface area contributed by atoms with Crippen LogP contribution in [0.2, 0.25) is 0 Å². The van der Waals surface area contributed by atoms with Crippen LogP contribution in [0.3, 0.4) is 0 Å². The van der Waals surface area contributed by atoms with Crippen molar-refractivity contribution in [1.82, 2.24) is 34.1 Å². The van der Waals surface area contributed by atoms with Gasteiger partial charge in [0.1, 0.15) is 0 Å². The van der Waals surface area contributed by atoms with Crippen LogP contribution >= 0.6 is 0 Å². The average Bonchev–Trinajstić information content (AvgIpc) is 3.22. The second-order valence-corrected chi connectivity index (χ2v) is 4.89. The monoisotopic (exact) mass is 306 g/mol. The van der Waals surface area contributed by atoms with Crippen molar-refractivity contribution in [2.24, 2.45) is 0 Å². The van der Waals surface area contributed by atoms with Crippen LogP contribution in [0.4, 0.5) is 11.8 Å². The van der Waals surface area contributed by atoms with Crippen molar-refractivity contribution in [3.8, 4) is 11.3 Å². The maximum Gasteiger partial charge on any atom is 0.228 e. The van der Waals surface area contributed by atoms with Crippen molar-refractivity contribution in [2.75, 3.05) is 5.32 Å². The normalized spacial score (nSPS) is 11.0. The molecule has 0 saturated carbocycles. The highest BCUT2D eigenvalue weighted by Gasteiger charge is 2.12. The topological polar surface area (TPSA) is 85.8 Å². The summed E-state index contributed by atoms with van der Waals surface area (Å²) in [6, 6.07) is 1.76. The van der Waals surface area contributed by atoms with Gasteiger partial charge >= 0.3 is 0 Å². The fourth-order valence-corrected chi connectivity index (χ4v) is 2.36. The van der Waals surface area contributed by atoms with E-state index in [4.69, 9.17) is 0 Å². The maximum absolute atomic E-state index is 4.47. The third-order valence-corrected chi connectivity index (χ3v) is 3.48. The van der Waals surface area contributed by atoms with Crippen LogP contribution in [0.25, 0.3) is 16.9 Å². The second kappa shape index (κ2) is 5.48. The highest BCUT2D eigenvalue weighted by atomic mass is 15.3. The van der Waals surface area contributed by atoms with Crippen molar-refractivity contribution in [3.05, 3.63) is 49.4 Å². The van der Waals surface area contributed by atoms with Crippen LogP contribution in [0, 0.1) is 0 Å². The first-order valence-electron chi connectivity index (χ1n) is 7.24. The van der Waals surface area contributed by atoms with E-state index in [9.17, 15) is 0 Å². The molecule has 0 aliphatic carbocycles. The SMILES string of the molecule is CCn1cc(-c2cnc3c(Nc4ncccn4)nccn23)cn1. The Morgan fingerprint density at radius 2 is 1.91 bits per heavy atom. The zero-order chi connectivity index (χ0) is 15.6. The van der Waals surface area contributed by atoms with Crippen molar-refractivity contribution in [2.45, 2.75) is 13.5 Å². The molecule has 0 amide bonds. The van der Waals surface area contributed by atoms with Crippen LogP contribution in [0.1, 0.15) is 6.92 Å². The van der Waals surface area contributed by atoms with Gasteiger partial charge in [-0.05, 0) is 13.0 Å². The zero-order valence-electron chi connectivity index (χ0n) is 12.5. The van der Waals surface area contributed by atoms with Gasteiger partial charge in [0.25, 0.3) is 0 Å². The van der Waals surface area contributed by atoms with Crippen LogP contribution < -0.4 is 5.32 Å². The van der Waals surface area contributed by atoms with Gasteiger partial charge in [-0.2, -0.15) is 5.10 Å². The molecule has 0 bridgehead atoms. The molecule has 0 atom stereocenters. The van der Waals surface area contributed by atoms with Crippen molar-refractivity contribution >= 4 is 17.4 Å². The van der Waals surface area contributed by atoms with Crippen LogP contribution in [0.15, 0.2) is 49.4 Å². The quantitative estimate of drug-likeness (QED) is 0.622. The predicted molar refractivity (Wildman–Crippen MR) is 85.2 cm³/mol. The summed E-state index contributed by atoms with van der Waals surface area (Å²) < 4.78 is 3.85. The van der Waals surface area contributed by atoms with E-state index in [1.54, 1.807) is 24.7 Å². The predicted octanol–water partition coefficient (Wildman–Crippen LogP) is 2.15. The van der Waals surface area contributed by atoms with Crippen LogP contribution in [-0.2, 0) is 6.54 Å². The van der Waals surface area contributed by atoms with Gasteiger partial charge in [0.2, 0.25) is 5.95 Å². The molecule has 4 aromatic heterocycles. The molecular weight excluding hydrogens is 292 g/mol. The highest BCUT2D eigenvalue weighted by Crippen LogP contribution is 2.23. The Morgan fingerprint density at radius 1 is 1.04 bits per heavy atom. The molecule has 4 aromatic rings. The number of imidazole rings is 1. The molecule has 0 aromatic carbocycles. The summed E-state index contributed by atoms with van der Waals surface area (Å²) in [5.74, 6) is 1.09. The number of nitrogens with zero attached hydrogens (tertiary/aromatic N) is 7. The molecule has 0 radical (unpaired) electrons. The summed E-state index contributed by atoms with van der Waals surface area (Å²) in [5, 5.41) is 7.40. The Labute approximate surface area is 131 Å². The molecule has 114 valence electrons. The van der Waals surface area contributed by atoms with E-state index in [2.05, 4.69) is 37.3 Å². The lowest BCUT2D eigenvalue weighted by molar-refractivity contribution is 0.660. The van der Waals surface area contributed by atoms with Crippen LogP contribution in [0.5, 0.6) is 0 Å². The number of hydrogen-bond acceptors (Lipinski definition) is 6. The zero-order valence-corrected chi connectivity index (χ0v) is 12.5. The van der Waals surface area contributed by atoms with E-state index in [-0.39, 0.29) is 0 Å². The lowest BCUT2D eigenvalue weighted by Gasteiger charge is -2.05. The van der Waals surface area contributed by atoms with Gasteiger partial charge in [-0.15, -0.1) is 0 Å². The fourth-order valence-electron chi connectivity index (χ4n) is 2.36. The lowest BCUT2D eigenvalue weighted by Crippen LogP contribution is -2.01. The molecule has 0 fully saturated rings. The van der Waals surface area contributed by atoms with Crippen molar-refractivity contribution < 1.29 is 0 Å². The molecule has 0 unspecified atom stereocenters. The molecule has 0 saturated heterocycles. The Hall–Kier alpha value is -3.29. The molecule has 0 aliphatic rings. The van der Waals surface area contributed by atoms with Gasteiger partial charge in [-0.25, -0.2) is 19.9 Å². The van der Waals surface area contributed by atoms with Gasteiger partial charge in [-0.3, -0.25) is 9.08 Å². The minimum atomic E-state index is 0.483. The third kappa shape index (κ3) is 2.39. The first-order valence-corrected chi connectivity index (χ1v) is 7.24. The number of anilines is 2. The van der Waals surface area contributed by atoms with Gasteiger partial charge < -0.3 is 5.32 Å². The number of rotatable bonds is 4. The first kappa shape index (κ1) is 13.4. The molecule has 4 heterocycles. The lowest BCUT2D eigenvalue weighted by atomic mass is 10.3. The number of nitrogens with one attached hydrogen (secondary N) is 1. The summed E-state index contributed by atoms with van der Waals surface area (Å²) >= 11 is 0. The molecule has 1 N–H and O–H groups in total. The molecule has 8 heteroatoms. The molecular formula is C15H14N8. The summed E-state index contributed by atoms with van der Waals surface area (Å²) in [4.78, 5) is 17.1. The molecule has 0 aliphatic heterocycles. The minimum Gasteiger partial charge on any atom is -0.306 e. The Balaban J connectivity index is 1.77. The summed E-state index contributed by atoms with van der Waals surface area (Å²) in [6.07, 6.45) is 12.6. The molecule has 23 heavy (non-hydrogen) atoms. The Bertz CT molecular complexity index is 940. The first-order chi connectivity index (χ1) is 11.3. The molecule has 0 spiro atoms. The van der Waals surface area contributed by atoms with Gasteiger partial charge in [-0.1, -0.05) is 0 Å². The third-order valence-electron chi connectivity index (χ3n) is 3.48. The van der Waals surface area contributed by atoms with E-state index in [0.29, 0.717) is 17.4 Å². The Morgan fingerprint density at radius 3 is 2.70 bits per heavy atom. The second-order valence-electron chi connectivity index (χ2n) is 4.89. The fraction of sp³-hybridized carbons (Fsp3) is 0.133. The van der Waals surface area contributed by atoms with Crippen LogP contribution in [-0.4, -0.2) is 34.1 Å². The highest BCUT2D eigenvalue weighted by molar-refractivity contribution is 5.72. The number of hydrogen-bond donors (Lipinski definition) is 1. The molecule has 8 nitrogen and oxygen atoms in total. The van der Waals surface area contributed by atoms with E-state index in [0.717, 1.165) is 17.8 Å².